The van der Waals surface area contributed by atoms with Crippen LogP contribution in [0.5, 0.6) is 0 Å². The highest BCUT2D eigenvalue weighted by atomic mass is 35.5. The minimum absolute atomic E-state index is 0.0922. The molecule has 0 aliphatic carbocycles. The molecule has 152 valence electrons. The first-order valence-corrected chi connectivity index (χ1v) is 10.1. The van der Waals surface area contributed by atoms with Gasteiger partial charge in [0, 0.05) is 5.56 Å². The van der Waals surface area contributed by atoms with Crippen LogP contribution < -0.4 is 10.6 Å². The topological polar surface area (TPSA) is 80.3 Å². The molecule has 4 rings (SSSR count). The molecule has 0 bridgehead atoms. The van der Waals surface area contributed by atoms with Gasteiger partial charge in [0.25, 0.3) is 5.91 Å². The molecule has 2 heterocycles. The Morgan fingerprint density at radius 3 is 2.73 bits per heavy atom. The van der Waals surface area contributed by atoms with Crippen molar-refractivity contribution in [1.29, 1.82) is 0 Å². The molecule has 1 amide bonds. The number of furan rings is 1. The van der Waals surface area contributed by atoms with E-state index >= 15 is 0 Å². The van der Waals surface area contributed by atoms with Crippen LogP contribution in [0, 0.1) is 0 Å². The minimum Gasteiger partial charge on any atom is -0.459 e. The van der Waals surface area contributed by atoms with Crippen LogP contribution in [0.1, 0.15) is 35.9 Å². The van der Waals surface area contributed by atoms with Crippen LogP contribution in [0.3, 0.4) is 0 Å². The maximum absolute atomic E-state index is 12.1. The number of fused-ring (bicyclic) bond motifs is 1. The number of carbonyl (C=O) groups is 1. The van der Waals surface area contributed by atoms with E-state index in [4.69, 9.17) is 32.7 Å². The molecule has 6 nitrogen and oxygen atoms in total. The number of hydrogen-bond acceptors (Lipinski definition) is 5. The largest absolute Gasteiger partial charge is 0.459 e. The third-order valence-corrected chi connectivity index (χ3v) is 5.05. The molecular weight excluding hydrogens is 422 g/mol. The number of oxazole rings is 1. The molecule has 0 fully saturated rings. The van der Waals surface area contributed by atoms with Gasteiger partial charge in [-0.25, -0.2) is 4.98 Å². The Bertz CT molecular complexity index is 1230. The molecule has 0 aliphatic rings. The number of thiocarbonyl (C=S) groups is 1. The summed E-state index contributed by atoms with van der Waals surface area (Å²) in [5, 5.41) is 6.00. The summed E-state index contributed by atoms with van der Waals surface area (Å²) < 4.78 is 11.0. The maximum atomic E-state index is 12.1. The summed E-state index contributed by atoms with van der Waals surface area (Å²) in [4.78, 5) is 16.7. The summed E-state index contributed by atoms with van der Waals surface area (Å²) in [6.45, 7) is 4.26. The number of halogens is 1. The van der Waals surface area contributed by atoms with Crippen LogP contribution in [0.15, 0.2) is 63.6 Å². The maximum Gasteiger partial charge on any atom is 0.293 e. The first kappa shape index (κ1) is 20.1. The van der Waals surface area contributed by atoms with Crippen LogP contribution in [-0.2, 0) is 0 Å². The van der Waals surface area contributed by atoms with Gasteiger partial charge >= 0.3 is 0 Å². The monoisotopic (exact) mass is 439 g/mol. The highest BCUT2D eigenvalue weighted by molar-refractivity contribution is 7.80. The number of nitrogens with one attached hydrogen (secondary N) is 2. The van der Waals surface area contributed by atoms with Crippen LogP contribution in [-0.4, -0.2) is 16.0 Å². The van der Waals surface area contributed by atoms with Crippen molar-refractivity contribution in [3.8, 4) is 11.5 Å². The summed E-state index contributed by atoms with van der Waals surface area (Å²) in [5.74, 6) is 0.574. The Morgan fingerprint density at radius 2 is 2.00 bits per heavy atom. The molecule has 2 aromatic heterocycles. The number of aromatic nitrogens is 1. The van der Waals surface area contributed by atoms with E-state index in [0.29, 0.717) is 28.1 Å². The Kier molecular flexibility index (Phi) is 5.57. The molecule has 4 aromatic rings. The van der Waals surface area contributed by atoms with Gasteiger partial charge in [-0.2, -0.15) is 0 Å². The summed E-state index contributed by atoms with van der Waals surface area (Å²) in [7, 11) is 0. The van der Waals surface area contributed by atoms with Crippen molar-refractivity contribution in [3.63, 3.8) is 0 Å². The van der Waals surface area contributed by atoms with E-state index in [0.717, 1.165) is 11.1 Å². The Morgan fingerprint density at radius 1 is 1.17 bits per heavy atom. The van der Waals surface area contributed by atoms with Crippen molar-refractivity contribution >= 4 is 51.6 Å². The predicted molar refractivity (Wildman–Crippen MR) is 121 cm³/mol. The van der Waals surface area contributed by atoms with E-state index in [1.54, 1.807) is 24.3 Å². The number of hydrogen-bond donors (Lipinski definition) is 2. The normalized spacial score (nSPS) is 11.1. The third kappa shape index (κ3) is 4.22. The smallest absolute Gasteiger partial charge is 0.293 e. The summed E-state index contributed by atoms with van der Waals surface area (Å²) in [6.07, 6.45) is 1.41. The second kappa shape index (κ2) is 8.30. The van der Waals surface area contributed by atoms with Crippen molar-refractivity contribution in [2.75, 3.05) is 5.32 Å². The molecule has 2 N–H and O–H groups in total. The SMILES string of the molecule is CC(C)c1ccc2oc(-c3ccc(Cl)c(NC(=S)NC(=O)c4ccco4)c3)nc2c1. The second-order valence-corrected chi connectivity index (χ2v) is 7.80. The number of benzene rings is 2. The lowest BCUT2D eigenvalue weighted by atomic mass is 10.0. The van der Waals surface area contributed by atoms with E-state index in [-0.39, 0.29) is 10.9 Å². The molecule has 30 heavy (non-hydrogen) atoms. The lowest BCUT2D eigenvalue weighted by Crippen LogP contribution is -2.33. The second-order valence-electron chi connectivity index (χ2n) is 6.98. The summed E-state index contributed by atoms with van der Waals surface area (Å²) in [5.41, 5.74) is 3.94. The van der Waals surface area contributed by atoms with E-state index in [1.165, 1.54) is 11.8 Å². The standard InChI is InChI=1S/C22H18ClN3O3S/c1-12(2)13-6-8-18-17(10-13)24-21(29-18)14-5-7-15(23)16(11-14)25-22(30)26-20(27)19-4-3-9-28-19/h3-12H,1-2H3,(H2,25,26,27,30). The van der Waals surface area contributed by atoms with Gasteiger partial charge in [-0.3, -0.25) is 10.1 Å². The van der Waals surface area contributed by atoms with E-state index < -0.39 is 5.91 Å². The number of carbonyl (C=O) groups excluding carboxylic acids is 1. The van der Waals surface area contributed by atoms with Crippen molar-refractivity contribution in [2.24, 2.45) is 0 Å². The Hall–Kier alpha value is -3.16. The first-order chi connectivity index (χ1) is 14.4. The molecule has 0 unspecified atom stereocenters. The van der Waals surface area contributed by atoms with Crippen LogP contribution in [0.25, 0.3) is 22.6 Å². The van der Waals surface area contributed by atoms with Gasteiger partial charge in [0.1, 0.15) is 5.52 Å². The van der Waals surface area contributed by atoms with Gasteiger partial charge in [0.15, 0.2) is 16.5 Å². The van der Waals surface area contributed by atoms with Gasteiger partial charge in [0.2, 0.25) is 5.89 Å². The van der Waals surface area contributed by atoms with Gasteiger partial charge in [-0.15, -0.1) is 0 Å². The van der Waals surface area contributed by atoms with Crippen molar-refractivity contribution < 1.29 is 13.6 Å². The van der Waals surface area contributed by atoms with E-state index in [2.05, 4.69) is 29.5 Å². The predicted octanol–water partition coefficient (Wildman–Crippen LogP) is 5.99. The molecular formula is C22H18ClN3O3S. The lowest BCUT2D eigenvalue weighted by molar-refractivity contribution is 0.0950. The van der Waals surface area contributed by atoms with Crippen LogP contribution in [0.2, 0.25) is 5.02 Å². The zero-order chi connectivity index (χ0) is 21.3. The Labute approximate surface area is 183 Å². The zero-order valence-electron chi connectivity index (χ0n) is 16.2. The highest BCUT2D eigenvalue weighted by Gasteiger charge is 2.14. The number of amides is 1. The van der Waals surface area contributed by atoms with Crippen molar-refractivity contribution in [1.82, 2.24) is 10.3 Å². The summed E-state index contributed by atoms with van der Waals surface area (Å²) >= 11 is 11.5. The Balaban J connectivity index is 1.56. The molecule has 0 aliphatic heterocycles. The average Bonchev–Trinajstić information content (AvgIpc) is 3.38. The lowest BCUT2D eigenvalue weighted by Gasteiger charge is -2.11. The first-order valence-electron chi connectivity index (χ1n) is 9.27. The van der Waals surface area contributed by atoms with Gasteiger partial charge < -0.3 is 14.2 Å². The highest BCUT2D eigenvalue weighted by Crippen LogP contribution is 2.31. The van der Waals surface area contributed by atoms with E-state index in [1.807, 2.05) is 24.3 Å². The third-order valence-electron chi connectivity index (χ3n) is 4.51. The molecule has 0 atom stereocenters. The molecule has 0 spiro atoms. The fourth-order valence-electron chi connectivity index (χ4n) is 2.91. The number of rotatable bonds is 4. The minimum atomic E-state index is -0.454. The van der Waals surface area contributed by atoms with E-state index in [9.17, 15) is 4.79 Å². The van der Waals surface area contributed by atoms with Crippen LogP contribution in [0.4, 0.5) is 5.69 Å². The molecule has 0 saturated carbocycles. The molecule has 8 heteroatoms. The van der Waals surface area contributed by atoms with Gasteiger partial charge in [-0.05, 0) is 66.2 Å². The molecule has 0 radical (unpaired) electrons. The van der Waals surface area contributed by atoms with Crippen molar-refractivity contribution in [3.05, 3.63) is 71.1 Å². The number of anilines is 1. The van der Waals surface area contributed by atoms with Crippen molar-refractivity contribution in [2.45, 2.75) is 19.8 Å². The number of nitrogens with zero attached hydrogens (tertiary/aromatic N) is 1. The molecule has 0 saturated heterocycles. The average molecular weight is 440 g/mol. The van der Waals surface area contributed by atoms with Crippen LogP contribution >= 0.6 is 23.8 Å². The summed E-state index contributed by atoms with van der Waals surface area (Å²) in [6, 6.07) is 14.5. The fourth-order valence-corrected chi connectivity index (χ4v) is 3.27. The molecule has 2 aromatic carbocycles. The quantitative estimate of drug-likeness (QED) is 0.380. The van der Waals surface area contributed by atoms with Gasteiger partial charge in [0.05, 0.1) is 17.0 Å². The fraction of sp³-hybridized carbons (Fsp3) is 0.136. The zero-order valence-corrected chi connectivity index (χ0v) is 17.8. The van der Waals surface area contributed by atoms with Gasteiger partial charge in [-0.1, -0.05) is 31.5 Å².